The highest BCUT2D eigenvalue weighted by Crippen LogP contribution is 2.09. The molecule has 1 aliphatic rings. The first kappa shape index (κ1) is 14.2. The molecule has 0 saturated carbocycles. The van der Waals surface area contributed by atoms with Gasteiger partial charge in [-0.05, 0) is 26.2 Å². The summed E-state index contributed by atoms with van der Waals surface area (Å²) in [6, 6.07) is 0. The molecule has 1 rings (SSSR count). The van der Waals surface area contributed by atoms with E-state index in [-0.39, 0.29) is 5.97 Å². The van der Waals surface area contributed by atoms with E-state index in [4.69, 9.17) is 14.2 Å². The van der Waals surface area contributed by atoms with Gasteiger partial charge in [0.25, 0.3) is 0 Å². The number of rotatable bonds is 10. The third-order valence-electron chi connectivity index (χ3n) is 2.47. The van der Waals surface area contributed by atoms with Crippen LogP contribution in [0.3, 0.4) is 0 Å². The molecular formula is C13H22O4. The van der Waals surface area contributed by atoms with E-state index in [2.05, 4.69) is 6.58 Å². The molecule has 0 spiro atoms. The Kier molecular flexibility index (Phi) is 6.89. The number of hydrogen-bond donors (Lipinski definition) is 0. The number of unbranched alkanes of at least 4 members (excludes halogenated alkanes) is 3. The number of hydrogen-bond acceptors (Lipinski definition) is 4. The van der Waals surface area contributed by atoms with Gasteiger partial charge in [0.15, 0.2) is 0 Å². The van der Waals surface area contributed by atoms with Gasteiger partial charge in [-0.25, -0.2) is 4.79 Å². The summed E-state index contributed by atoms with van der Waals surface area (Å²) in [4.78, 5) is 11.0. The Morgan fingerprint density at radius 2 is 1.94 bits per heavy atom. The molecule has 0 aliphatic carbocycles. The van der Waals surface area contributed by atoms with Crippen molar-refractivity contribution in [2.24, 2.45) is 0 Å². The molecule has 1 fully saturated rings. The van der Waals surface area contributed by atoms with Gasteiger partial charge in [0.05, 0.1) is 19.8 Å². The lowest BCUT2D eigenvalue weighted by atomic mass is 10.2. The summed E-state index contributed by atoms with van der Waals surface area (Å²) in [5.74, 6) is -0.294. The van der Waals surface area contributed by atoms with Crippen LogP contribution in [0.4, 0.5) is 0 Å². The number of carbonyl (C=O) groups excluding carboxylic acids is 1. The van der Waals surface area contributed by atoms with Crippen molar-refractivity contribution in [2.75, 3.05) is 26.4 Å². The summed E-state index contributed by atoms with van der Waals surface area (Å²) in [7, 11) is 0. The van der Waals surface area contributed by atoms with E-state index in [1.54, 1.807) is 6.92 Å². The van der Waals surface area contributed by atoms with Gasteiger partial charge in [0, 0.05) is 12.2 Å². The molecule has 0 aromatic heterocycles. The Morgan fingerprint density at radius 1 is 1.29 bits per heavy atom. The maximum atomic E-state index is 11.0. The minimum absolute atomic E-state index is 0.294. The molecule has 1 unspecified atom stereocenters. The van der Waals surface area contributed by atoms with Gasteiger partial charge in [-0.15, -0.1) is 0 Å². The molecule has 0 radical (unpaired) electrons. The molecule has 17 heavy (non-hydrogen) atoms. The first-order valence-electron chi connectivity index (χ1n) is 6.22. The SMILES string of the molecule is C=C(C)C(=O)OCCCCCCOCC1CO1. The Morgan fingerprint density at radius 3 is 2.53 bits per heavy atom. The Labute approximate surface area is 103 Å². The average molecular weight is 242 g/mol. The first-order valence-corrected chi connectivity index (χ1v) is 6.22. The van der Waals surface area contributed by atoms with Gasteiger partial charge in [-0.1, -0.05) is 13.0 Å². The summed E-state index contributed by atoms with van der Waals surface area (Å²) in [5.41, 5.74) is 0.459. The lowest BCUT2D eigenvalue weighted by Crippen LogP contribution is -2.06. The van der Waals surface area contributed by atoms with Gasteiger partial charge in [-0.2, -0.15) is 0 Å². The zero-order valence-corrected chi connectivity index (χ0v) is 10.6. The van der Waals surface area contributed by atoms with E-state index < -0.39 is 0 Å². The predicted octanol–water partition coefficient (Wildman–Crippen LogP) is 2.08. The van der Waals surface area contributed by atoms with Crippen molar-refractivity contribution in [1.82, 2.24) is 0 Å². The first-order chi connectivity index (χ1) is 8.20. The standard InChI is InChI=1S/C13H22O4/c1-11(2)13(14)16-8-6-4-3-5-7-15-9-12-10-17-12/h12H,1,3-10H2,2H3. The molecule has 4 nitrogen and oxygen atoms in total. The summed E-state index contributed by atoms with van der Waals surface area (Å²) in [5, 5.41) is 0. The number of ether oxygens (including phenoxy) is 3. The zero-order valence-electron chi connectivity index (χ0n) is 10.6. The molecule has 0 aromatic rings. The van der Waals surface area contributed by atoms with Crippen LogP contribution in [0.2, 0.25) is 0 Å². The van der Waals surface area contributed by atoms with Crippen molar-refractivity contribution < 1.29 is 19.0 Å². The van der Waals surface area contributed by atoms with Crippen LogP contribution in [0.5, 0.6) is 0 Å². The van der Waals surface area contributed by atoms with Gasteiger partial charge in [0.2, 0.25) is 0 Å². The van der Waals surface area contributed by atoms with Gasteiger partial charge >= 0.3 is 5.97 Å². The Hall–Kier alpha value is -0.870. The van der Waals surface area contributed by atoms with Crippen molar-refractivity contribution in [1.29, 1.82) is 0 Å². The van der Waals surface area contributed by atoms with E-state index in [1.165, 1.54) is 0 Å². The van der Waals surface area contributed by atoms with Crippen molar-refractivity contribution >= 4 is 5.97 Å². The zero-order chi connectivity index (χ0) is 12.5. The van der Waals surface area contributed by atoms with Crippen LogP contribution in [0, 0.1) is 0 Å². The summed E-state index contributed by atoms with van der Waals surface area (Å²) in [6.45, 7) is 8.05. The van der Waals surface area contributed by atoms with Crippen LogP contribution in [0.15, 0.2) is 12.2 Å². The van der Waals surface area contributed by atoms with E-state index in [0.29, 0.717) is 18.3 Å². The number of carbonyl (C=O) groups is 1. The largest absolute Gasteiger partial charge is 0.462 e. The van der Waals surface area contributed by atoms with Crippen LogP contribution < -0.4 is 0 Å². The van der Waals surface area contributed by atoms with E-state index in [9.17, 15) is 4.79 Å². The summed E-state index contributed by atoms with van der Waals surface area (Å²) >= 11 is 0. The van der Waals surface area contributed by atoms with Crippen LogP contribution in [-0.2, 0) is 19.0 Å². The second-order valence-electron chi connectivity index (χ2n) is 4.36. The third kappa shape index (κ3) is 7.94. The molecule has 0 N–H and O–H groups in total. The topological polar surface area (TPSA) is 48.1 Å². The molecule has 1 atom stereocenters. The Bertz CT molecular complexity index is 246. The second-order valence-corrected chi connectivity index (χ2v) is 4.36. The highest BCUT2D eigenvalue weighted by Gasteiger charge is 2.21. The number of esters is 1. The smallest absolute Gasteiger partial charge is 0.333 e. The Balaban J connectivity index is 1.74. The molecule has 1 saturated heterocycles. The normalized spacial score (nSPS) is 17.8. The minimum Gasteiger partial charge on any atom is -0.462 e. The highest BCUT2D eigenvalue weighted by molar-refractivity contribution is 5.86. The van der Waals surface area contributed by atoms with E-state index in [0.717, 1.165) is 45.5 Å². The van der Waals surface area contributed by atoms with Crippen molar-refractivity contribution in [3.8, 4) is 0 Å². The van der Waals surface area contributed by atoms with Gasteiger partial charge in [0.1, 0.15) is 6.10 Å². The summed E-state index contributed by atoms with van der Waals surface area (Å²) < 4.78 is 15.4. The van der Waals surface area contributed by atoms with E-state index >= 15 is 0 Å². The average Bonchev–Trinajstić information content (AvgIpc) is 3.10. The molecule has 1 aliphatic heterocycles. The minimum atomic E-state index is -0.294. The number of epoxide rings is 1. The lowest BCUT2D eigenvalue weighted by Gasteiger charge is -2.04. The molecule has 0 amide bonds. The highest BCUT2D eigenvalue weighted by atomic mass is 16.6. The molecule has 1 heterocycles. The molecule has 0 bridgehead atoms. The van der Waals surface area contributed by atoms with Crippen LogP contribution in [-0.4, -0.2) is 38.5 Å². The van der Waals surface area contributed by atoms with Crippen LogP contribution >= 0.6 is 0 Å². The van der Waals surface area contributed by atoms with Crippen molar-refractivity contribution in [3.05, 3.63) is 12.2 Å². The van der Waals surface area contributed by atoms with Gasteiger partial charge < -0.3 is 14.2 Å². The monoisotopic (exact) mass is 242 g/mol. The third-order valence-corrected chi connectivity index (χ3v) is 2.47. The summed E-state index contributed by atoms with van der Waals surface area (Å²) in [6.07, 6.45) is 4.49. The predicted molar refractivity (Wildman–Crippen MR) is 64.8 cm³/mol. The fourth-order valence-corrected chi connectivity index (χ4v) is 1.33. The van der Waals surface area contributed by atoms with Crippen LogP contribution in [0.25, 0.3) is 0 Å². The maximum absolute atomic E-state index is 11.0. The fourth-order valence-electron chi connectivity index (χ4n) is 1.33. The quantitative estimate of drug-likeness (QED) is 0.255. The molecular weight excluding hydrogens is 220 g/mol. The maximum Gasteiger partial charge on any atom is 0.333 e. The van der Waals surface area contributed by atoms with Crippen LogP contribution in [0.1, 0.15) is 32.6 Å². The van der Waals surface area contributed by atoms with Crippen molar-refractivity contribution in [3.63, 3.8) is 0 Å². The second kappa shape index (κ2) is 8.25. The molecule has 0 aromatic carbocycles. The molecule has 98 valence electrons. The fraction of sp³-hybridized carbons (Fsp3) is 0.769. The lowest BCUT2D eigenvalue weighted by molar-refractivity contribution is -0.139. The van der Waals surface area contributed by atoms with E-state index in [1.807, 2.05) is 0 Å². The van der Waals surface area contributed by atoms with Gasteiger partial charge in [-0.3, -0.25) is 0 Å². The van der Waals surface area contributed by atoms with Crippen molar-refractivity contribution in [2.45, 2.75) is 38.7 Å². The molecule has 4 heteroatoms.